The second kappa shape index (κ2) is 9.59. The molecule has 0 atom stereocenters. The highest BCUT2D eigenvalue weighted by molar-refractivity contribution is 7.18. The second-order valence-electron chi connectivity index (χ2n) is 8.99. The van der Waals surface area contributed by atoms with E-state index < -0.39 is 11.7 Å². The smallest absolute Gasteiger partial charge is 0.302 e. The van der Waals surface area contributed by atoms with Crippen LogP contribution in [0.25, 0.3) is 32.7 Å². The van der Waals surface area contributed by atoms with Crippen LogP contribution < -0.4 is 5.56 Å². The number of hydrogen-bond donors (Lipinski definition) is 0. The number of rotatable bonds is 5. The minimum atomic E-state index is -4.44. The quantitative estimate of drug-likeness (QED) is 0.312. The summed E-state index contributed by atoms with van der Waals surface area (Å²) in [5.41, 5.74) is 1.24. The molecule has 0 saturated carbocycles. The Morgan fingerprint density at radius 2 is 1.63 bits per heavy atom. The van der Waals surface area contributed by atoms with Gasteiger partial charge in [-0.05, 0) is 56.1 Å². The number of piperidine rings is 1. The van der Waals surface area contributed by atoms with Crippen molar-refractivity contribution in [3.63, 3.8) is 0 Å². The van der Waals surface area contributed by atoms with E-state index in [-0.39, 0.29) is 11.1 Å². The summed E-state index contributed by atoms with van der Waals surface area (Å²) in [5, 5.41) is 0. The summed E-state index contributed by atoms with van der Waals surface area (Å²) in [6, 6.07) is 14.3. The van der Waals surface area contributed by atoms with E-state index in [4.69, 9.17) is 4.98 Å². The number of aromatic nitrogens is 2. The van der Waals surface area contributed by atoms with E-state index >= 15 is 0 Å². The van der Waals surface area contributed by atoms with Crippen LogP contribution in [0.15, 0.2) is 59.4 Å². The van der Waals surface area contributed by atoms with E-state index in [1.807, 2.05) is 13.0 Å². The van der Waals surface area contributed by atoms with E-state index in [0.717, 1.165) is 30.6 Å². The summed E-state index contributed by atoms with van der Waals surface area (Å²) in [6.45, 7) is 5.31. The van der Waals surface area contributed by atoms with Gasteiger partial charge in [0.05, 0.1) is 11.1 Å². The average molecular weight is 498 g/mol. The maximum atomic E-state index is 13.5. The van der Waals surface area contributed by atoms with Crippen LogP contribution >= 0.6 is 11.3 Å². The molecule has 4 nitrogen and oxygen atoms in total. The highest BCUT2D eigenvalue weighted by Crippen LogP contribution is 2.37. The first-order valence-electron chi connectivity index (χ1n) is 11.8. The molecule has 1 aliphatic heterocycles. The van der Waals surface area contributed by atoms with Gasteiger partial charge in [-0.3, -0.25) is 9.36 Å². The van der Waals surface area contributed by atoms with Crippen molar-refractivity contribution < 1.29 is 13.2 Å². The first-order chi connectivity index (χ1) is 16.8. The first kappa shape index (κ1) is 23.8. The van der Waals surface area contributed by atoms with Gasteiger partial charge in [0.2, 0.25) is 0 Å². The van der Waals surface area contributed by atoms with E-state index in [0.29, 0.717) is 33.7 Å². The number of likely N-dealkylation sites (tertiary alicyclic amines) is 1. The standard InChI is InChI=1S/C27H26F3N3OS/c1-18-17-23-24(35-18)26(34)33(16-15-32-13-5-2-6-14-32)25(31-23)20-11-9-19(10-12-20)21-7-3-4-8-22(21)27(28,29)30/h3-4,7-12,17H,2,5-6,13-16H2,1H3. The van der Waals surface area contributed by atoms with Crippen LogP contribution in [0, 0.1) is 6.92 Å². The predicted octanol–water partition coefficient (Wildman–Crippen LogP) is 6.61. The predicted molar refractivity (Wildman–Crippen MR) is 135 cm³/mol. The third kappa shape index (κ3) is 4.90. The fourth-order valence-corrected chi connectivity index (χ4v) is 5.66. The zero-order chi connectivity index (χ0) is 24.6. The Labute approximate surface area is 205 Å². The molecule has 0 spiro atoms. The maximum absolute atomic E-state index is 13.5. The number of nitrogens with zero attached hydrogens (tertiary/aromatic N) is 3. The van der Waals surface area contributed by atoms with Crippen molar-refractivity contribution in [1.82, 2.24) is 14.5 Å². The molecule has 182 valence electrons. The first-order valence-corrected chi connectivity index (χ1v) is 12.6. The van der Waals surface area contributed by atoms with Crippen LogP contribution in [0.3, 0.4) is 0 Å². The van der Waals surface area contributed by atoms with Crippen LogP contribution in [0.1, 0.15) is 29.7 Å². The Bertz CT molecular complexity index is 1400. The largest absolute Gasteiger partial charge is 0.417 e. The van der Waals surface area contributed by atoms with Gasteiger partial charge in [0.15, 0.2) is 0 Å². The maximum Gasteiger partial charge on any atom is 0.417 e. The topological polar surface area (TPSA) is 38.1 Å². The molecule has 4 aromatic rings. The average Bonchev–Trinajstić information content (AvgIpc) is 3.24. The van der Waals surface area contributed by atoms with Crippen molar-refractivity contribution in [3.05, 3.63) is 75.4 Å². The van der Waals surface area contributed by atoms with E-state index in [1.165, 1.54) is 42.7 Å². The van der Waals surface area contributed by atoms with Gasteiger partial charge in [-0.15, -0.1) is 11.3 Å². The zero-order valence-electron chi connectivity index (χ0n) is 19.4. The highest BCUT2D eigenvalue weighted by atomic mass is 32.1. The molecule has 1 saturated heterocycles. The third-order valence-corrected chi connectivity index (χ3v) is 7.56. The van der Waals surface area contributed by atoms with Gasteiger partial charge in [-0.1, -0.05) is 48.9 Å². The molecule has 0 bridgehead atoms. The Morgan fingerprint density at radius 3 is 2.34 bits per heavy atom. The van der Waals surface area contributed by atoms with Gasteiger partial charge in [0, 0.05) is 23.5 Å². The Morgan fingerprint density at radius 1 is 0.943 bits per heavy atom. The van der Waals surface area contributed by atoms with E-state index in [2.05, 4.69) is 4.90 Å². The summed E-state index contributed by atoms with van der Waals surface area (Å²) in [6.07, 6.45) is -0.852. The van der Waals surface area contributed by atoms with Crippen LogP contribution in [-0.2, 0) is 12.7 Å². The summed E-state index contributed by atoms with van der Waals surface area (Å²) in [4.78, 5) is 21.7. The molecule has 5 rings (SSSR count). The normalized spacial score (nSPS) is 15.1. The number of aryl methyl sites for hydroxylation is 1. The Kier molecular flexibility index (Phi) is 6.51. The second-order valence-corrected chi connectivity index (χ2v) is 10.2. The van der Waals surface area contributed by atoms with Crippen LogP contribution in [0.4, 0.5) is 13.2 Å². The SMILES string of the molecule is Cc1cc2nc(-c3ccc(-c4ccccc4C(F)(F)F)cc3)n(CCN3CCCCC3)c(=O)c2s1. The van der Waals surface area contributed by atoms with Crippen molar-refractivity contribution in [1.29, 1.82) is 0 Å². The Balaban J connectivity index is 1.54. The van der Waals surface area contributed by atoms with Gasteiger partial charge < -0.3 is 4.90 Å². The lowest BCUT2D eigenvalue weighted by Crippen LogP contribution is -2.35. The van der Waals surface area contributed by atoms with Crippen LogP contribution in [0.5, 0.6) is 0 Å². The van der Waals surface area contributed by atoms with Crippen molar-refractivity contribution in [2.75, 3.05) is 19.6 Å². The fourth-order valence-electron chi connectivity index (χ4n) is 4.76. The molecule has 0 N–H and O–H groups in total. The lowest BCUT2D eigenvalue weighted by Gasteiger charge is -2.27. The number of thiophene rings is 1. The summed E-state index contributed by atoms with van der Waals surface area (Å²) in [7, 11) is 0. The van der Waals surface area contributed by atoms with E-state index in [9.17, 15) is 18.0 Å². The minimum Gasteiger partial charge on any atom is -0.302 e. The van der Waals surface area contributed by atoms with Crippen molar-refractivity contribution >= 4 is 21.6 Å². The third-order valence-electron chi connectivity index (χ3n) is 6.53. The molecule has 0 radical (unpaired) electrons. The summed E-state index contributed by atoms with van der Waals surface area (Å²) >= 11 is 1.45. The van der Waals surface area contributed by atoms with Gasteiger partial charge in [0.1, 0.15) is 10.5 Å². The number of alkyl halides is 3. The lowest BCUT2D eigenvalue weighted by atomic mass is 9.98. The molecule has 35 heavy (non-hydrogen) atoms. The fraction of sp³-hybridized carbons (Fsp3) is 0.333. The highest BCUT2D eigenvalue weighted by Gasteiger charge is 2.33. The van der Waals surface area contributed by atoms with Crippen molar-refractivity contribution in [2.45, 2.75) is 38.9 Å². The molecule has 2 aromatic carbocycles. The molecule has 3 heterocycles. The molecule has 1 fully saturated rings. The molecule has 1 aliphatic rings. The molecule has 0 aliphatic carbocycles. The molecular formula is C27H26F3N3OS. The van der Waals surface area contributed by atoms with Crippen LogP contribution in [0.2, 0.25) is 0 Å². The Hall–Kier alpha value is -2.97. The number of fused-ring (bicyclic) bond motifs is 1. The molecule has 8 heteroatoms. The van der Waals surface area contributed by atoms with Gasteiger partial charge in [0.25, 0.3) is 5.56 Å². The monoisotopic (exact) mass is 497 g/mol. The zero-order valence-corrected chi connectivity index (χ0v) is 20.3. The number of benzene rings is 2. The lowest BCUT2D eigenvalue weighted by molar-refractivity contribution is -0.137. The molecule has 0 amide bonds. The van der Waals surface area contributed by atoms with Crippen molar-refractivity contribution in [3.8, 4) is 22.5 Å². The summed E-state index contributed by atoms with van der Waals surface area (Å²) < 4.78 is 42.9. The summed E-state index contributed by atoms with van der Waals surface area (Å²) in [5.74, 6) is 0.549. The van der Waals surface area contributed by atoms with Gasteiger partial charge in [-0.25, -0.2) is 4.98 Å². The molecular weight excluding hydrogens is 471 g/mol. The molecule has 2 aromatic heterocycles. The van der Waals surface area contributed by atoms with E-state index in [1.54, 1.807) is 34.9 Å². The minimum absolute atomic E-state index is 0.0633. The van der Waals surface area contributed by atoms with Gasteiger partial charge >= 0.3 is 6.18 Å². The molecule has 0 unspecified atom stereocenters. The van der Waals surface area contributed by atoms with Crippen molar-refractivity contribution in [2.24, 2.45) is 0 Å². The number of hydrogen-bond acceptors (Lipinski definition) is 4. The van der Waals surface area contributed by atoms with Gasteiger partial charge in [-0.2, -0.15) is 13.2 Å². The van der Waals surface area contributed by atoms with Crippen LogP contribution in [-0.4, -0.2) is 34.1 Å². The number of halogens is 3.